The highest BCUT2D eigenvalue weighted by Crippen LogP contribution is 2.24. The summed E-state index contributed by atoms with van der Waals surface area (Å²) in [7, 11) is 3.68. The van der Waals surface area contributed by atoms with Gasteiger partial charge >= 0.3 is 0 Å². The van der Waals surface area contributed by atoms with Crippen LogP contribution in [0.25, 0.3) is 0 Å². The minimum Gasteiger partial charge on any atom is -0.349 e. The maximum atomic E-state index is 11.7. The minimum atomic E-state index is 0.249. The van der Waals surface area contributed by atoms with Crippen molar-refractivity contribution >= 4 is 5.91 Å². The highest BCUT2D eigenvalue weighted by atomic mass is 16.2. The van der Waals surface area contributed by atoms with Crippen LogP contribution in [0.2, 0.25) is 0 Å². The summed E-state index contributed by atoms with van der Waals surface area (Å²) in [5.41, 5.74) is 0. The van der Waals surface area contributed by atoms with Crippen molar-refractivity contribution in [3.63, 3.8) is 0 Å². The maximum Gasteiger partial charge on any atom is 0.223 e. The smallest absolute Gasteiger partial charge is 0.223 e. The first-order valence-corrected chi connectivity index (χ1v) is 7.36. The highest BCUT2D eigenvalue weighted by molar-refractivity contribution is 5.75. The van der Waals surface area contributed by atoms with Gasteiger partial charge in [-0.25, -0.2) is 0 Å². The third kappa shape index (κ3) is 3.45. The summed E-state index contributed by atoms with van der Waals surface area (Å²) in [6.45, 7) is 3.27. The van der Waals surface area contributed by atoms with Gasteiger partial charge < -0.3 is 10.2 Å². The molecule has 0 bridgehead atoms. The van der Waals surface area contributed by atoms with Gasteiger partial charge in [-0.15, -0.1) is 0 Å². The molecule has 1 N–H and O–H groups in total. The summed E-state index contributed by atoms with van der Waals surface area (Å²) in [4.78, 5) is 15.9. The number of carbonyl (C=O) groups is 1. The molecule has 2 aliphatic heterocycles. The first-order chi connectivity index (χ1) is 8.68. The zero-order valence-electron chi connectivity index (χ0n) is 11.8. The van der Waals surface area contributed by atoms with E-state index in [0.717, 1.165) is 6.54 Å². The van der Waals surface area contributed by atoms with Gasteiger partial charge in [0.25, 0.3) is 0 Å². The Labute approximate surface area is 111 Å². The Morgan fingerprint density at radius 3 is 2.78 bits per heavy atom. The lowest BCUT2D eigenvalue weighted by molar-refractivity contribution is -0.129. The number of rotatable bonds is 4. The van der Waals surface area contributed by atoms with Crippen LogP contribution >= 0.6 is 0 Å². The number of carbonyl (C=O) groups excluding carboxylic acids is 1. The quantitative estimate of drug-likeness (QED) is 0.814. The van der Waals surface area contributed by atoms with E-state index in [4.69, 9.17) is 0 Å². The molecule has 2 fully saturated rings. The molecule has 0 aromatic rings. The molecule has 0 aromatic carbocycles. The lowest BCUT2D eigenvalue weighted by Crippen LogP contribution is -2.50. The normalized spacial score (nSPS) is 29.4. The van der Waals surface area contributed by atoms with Gasteiger partial charge in [-0.05, 0) is 38.8 Å². The Morgan fingerprint density at radius 2 is 2.11 bits per heavy atom. The van der Waals surface area contributed by atoms with Gasteiger partial charge in [-0.1, -0.05) is 6.42 Å². The van der Waals surface area contributed by atoms with Gasteiger partial charge in [0, 0.05) is 39.1 Å². The predicted octanol–water partition coefficient (Wildman–Crippen LogP) is 1.07. The standard InChI is InChI=1S/C14H27N3O/c1-16(2)14(18)8-11-17-10-4-3-7-13(17)12-6-5-9-15-12/h12-13,15H,3-11H2,1-2H3. The Hall–Kier alpha value is -0.610. The van der Waals surface area contributed by atoms with Crippen LogP contribution in [0.5, 0.6) is 0 Å². The molecule has 1 amide bonds. The molecule has 18 heavy (non-hydrogen) atoms. The third-order valence-electron chi connectivity index (χ3n) is 4.34. The van der Waals surface area contributed by atoms with E-state index in [0.29, 0.717) is 18.5 Å². The van der Waals surface area contributed by atoms with Crippen molar-refractivity contribution in [2.45, 2.75) is 50.6 Å². The molecule has 4 heteroatoms. The first-order valence-electron chi connectivity index (χ1n) is 7.36. The fourth-order valence-corrected chi connectivity index (χ4v) is 3.25. The lowest BCUT2D eigenvalue weighted by Gasteiger charge is -2.39. The zero-order chi connectivity index (χ0) is 13.0. The van der Waals surface area contributed by atoms with Crippen molar-refractivity contribution in [2.75, 3.05) is 33.7 Å². The second-order valence-corrected chi connectivity index (χ2v) is 5.84. The van der Waals surface area contributed by atoms with E-state index in [9.17, 15) is 4.79 Å². The molecule has 0 spiro atoms. The van der Waals surface area contributed by atoms with Crippen LogP contribution < -0.4 is 5.32 Å². The van der Waals surface area contributed by atoms with Crippen LogP contribution in [0.4, 0.5) is 0 Å². The van der Waals surface area contributed by atoms with Crippen LogP contribution in [0.1, 0.15) is 38.5 Å². The summed E-state index contributed by atoms with van der Waals surface area (Å²) < 4.78 is 0. The van der Waals surface area contributed by atoms with Crippen LogP contribution in [0, 0.1) is 0 Å². The molecule has 0 aliphatic carbocycles. The van der Waals surface area contributed by atoms with E-state index < -0.39 is 0 Å². The lowest BCUT2D eigenvalue weighted by atomic mass is 9.94. The topological polar surface area (TPSA) is 35.6 Å². The number of hydrogen-bond acceptors (Lipinski definition) is 3. The molecule has 104 valence electrons. The fourth-order valence-electron chi connectivity index (χ4n) is 3.25. The minimum absolute atomic E-state index is 0.249. The zero-order valence-corrected chi connectivity index (χ0v) is 11.8. The summed E-state index contributed by atoms with van der Waals surface area (Å²) in [5.74, 6) is 0.249. The van der Waals surface area contributed by atoms with Gasteiger partial charge in [0.1, 0.15) is 0 Å². The molecule has 0 aromatic heterocycles. The van der Waals surface area contributed by atoms with Gasteiger partial charge in [-0.3, -0.25) is 9.69 Å². The molecule has 2 saturated heterocycles. The molecule has 0 saturated carbocycles. The summed E-state index contributed by atoms with van der Waals surface area (Å²) in [6.07, 6.45) is 7.22. The average molecular weight is 253 g/mol. The number of likely N-dealkylation sites (tertiary alicyclic amines) is 1. The maximum absolute atomic E-state index is 11.7. The van der Waals surface area contributed by atoms with E-state index in [1.807, 2.05) is 14.1 Å². The van der Waals surface area contributed by atoms with Gasteiger partial charge in [0.05, 0.1) is 0 Å². The molecule has 4 nitrogen and oxygen atoms in total. The van der Waals surface area contributed by atoms with Crippen LogP contribution in [-0.2, 0) is 4.79 Å². The number of piperidine rings is 1. The largest absolute Gasteiger partial charge is 0.349 e. The van der Waals surface area contributed by atoms with E-state index in [1.165, 1.54) is 45.2 Å². The van der Waals surface area contributed by atoms with Crippen molar-refractivity contribution < 1.29 is 4.79 Å². The molecule has 2 unspecified atom stereocenters. The van der Waals surface area contributed by atoms with Crippen molar-refractivity contribution in [3.8, 4) is 0 Å². The van der Waals surface area contributed by atoms with Crippen molar-refractivity contribution in [2.24, 2.45) is 0 Å². The van der Waals surface area contributed by atoms with Gasteiger partial charge in [-0.2, -0.15) is 0 Å². The fraction of sp³-hybridized carbons (Fsp3) is 0.929. The Bertz CT molecular complexity index is 274. The van der Waals surface area contributed by atoms with Gasteiger partial charge in [0.15, 0.2) is 0 Å². The SMILES string of the molecule is CN(C)C(=O)CCN1CCCCC1C1CCCN1. The second-order valence-electron chi connectivity index (χ2n) is 5.84. The Morgan fingerprint density at radius 1 is 1.28 bits per heavy atom. The highest BCUT2D eigenvalue weighted by Gasteiger charge is 2.31. The molecule has 2 heterocycles. The average Bonchev–Trinajstić information content (AvgIpc) is 2.89. The second kappa shape index (κ2) is 6.53. The van der Waals surface area contributed by atoms with E-state index in [2.05, 4.69) is 10.2 Å². The van der Waals surface area contributed by atoms with Crippen molar-refractivity contribution in [1.29, 1.82) is 0 Å². The van der Waals surface area contributed by atoms with Crippen LogP contribution in [-0.4, -0.2) is 61.5 Å². The molecule has 2 atom stereocenters. The Kier molecular flexibility index (Phi) is 5.01. The Balaban J connectivity index is 1.85. The molecular formula is C14H27N3O. The van der Waals surface area contributed by atoms with Crippen LogP contribution in [0.3, 0.4) is 0 Å². The third-order valence-corrected chi connectivity index (χ3v) is 4.34. The van der Waals surface area contributed by atoms with E-state index in [1.54, 1.807) is 4.90 Å². The van der Waals surface area contributed by atoms with Crippen LogP contribution in [0.15, 0.2) is 0 Å². The predicted molar refractivity (Wildman–Crippen MR) is 73.5 cm³/mol. The molecular weight excluding hydrogens is 226 g/mol. The monoisotopic (exact) mass is 253 g/mol. The summed E-state index contributed by atoms with van der Waals surface area (Å²) >= 11 is 0. The molecule has 0 radical (unpaired) electrons. The molecule has 2 aliphatic rings. The molecule has 2 rings (SSSR count). The van der Waals surface area contributed by atoms with E-state index >= 15 is 0 Å². The summed E-state index contributed by atoms with van der Waals surface area (Å²) in [6, 6.07) is 1.33. The van der Waals surface area contributed by atoms with Crippen molar-refractivity contribution in [3.05, 3.63) is 0 Å². The summed E-state index contributed by atoms with van der Waals surface area (Å²) in [5, 5.41) is 3.63. The number of nitrogens with zero attached hydrogens (tertiary/aromatic N) is 2. The number of hydrogen-bond donors (Lipinski definition) is 1. The van der Waals surface area contributed by atoms with E-state index in [-0.39, 0.29) is 5.91 Å². The number of amides is 1. The van der Waals surface area contributed by atoms with Crippen molar-refractivity contribution in [1.82, 2.24) is 15.1 Å². The van der Waals surface area contributed by atoms with Gasteiger partial charge in [0.2, 0.25) is 5.91 Å². The number of nitrogens with one attached hydrogen (secondary N) is 1. The first kappa shape index (κ1) is 13.8.